The third-order valence-corrected chi connectivity index (χ3v) is 6.75. The first-order valence-electron chi connectivity index (χ1n) is 11.5. The van der Waals surface area contributed by atoms with E-state index in [2.05, 4.69) is 5.32 Å². The van der Waals surface area contributed by atoms with Crippen molar-refractivity contribution in [2.45, 2.75) is 66.1 Å². The van der Waals surface area contributed by atoms with Gasteiger partial charge in [0, 0.05) is 12.1 Å². The molecule has 1 N–H and O–H groups in total. The Hall–Kier alpha value is -2.94. The molecule has 7 nitrogen and oxygen atoms in total. The molecule has 192 valence electrons. The van der Waals surface area contributed by atoms with Crippen LogP contribution in [0.1, 0.15) is 50.8 Å². The zero-order valence-electron chi connectivity index (χ0n) is 21.6. The third kappa shape index (κ3) is 8.06. The number of benzene rings is 2. The number of hydrogen-bond donors (Lipinski definition) is 1. The van der Waals surface area contributed by atoms with Crippen LogP contribution in [0.5, 0.6) is 0 Å². The number of carbonyl (C=O) groups excluding carboxylic acids is 2. The molecule has 9 heteroatoms. The van der Waals surface area contributed by atoms with Gasteiger partial charge in [0.25, 0.3) is 0 Å². The number of halogens is 1. The number of nitrogens with one attached hydrogen (secondary N) is 1. The smallest absolute Gasteiger partial charge is 0.244 e. The Kier molecular flexibility index (Phi) is 9.06. The van der Waals surface area contributed by atoms with Crippen molar-refractivity contribution in [1.29, 1.82) is 0 Å². The van der Waals surface area contributed by atoms with Crippen molar-refractivity contribution >= 4 is 27.5 Å². The molecule has 0 spiro atoms. The molecule has 0 bridgehead atoms. The maximum Gasteiger partial charge on any atom is 0.244 e. The van der Waals surface area contributed by atoms with E-state index in [-0.39, 0.29) is 12.5 Å². The summed E-state index contributed by atoms with van der Waals surface area (Å²) in [4.78, 5) is 28.1. The minimum atomic E-state index is -3.80. The Bertz CT molecular complexity index is 1160. The molecular formula is C26H36FN3O4S. The lowest BCUT2D eigenvalue weighted by atomic mass is 10.1. The molecule has 0 aliphatic heterocycles. The van der Waals surface area contributed by atoms with E-state index in [0.29, 0.717) is 17.7 Å². The largest absolute Gasteiger partial charge is 0.350 e. The van der Waals surface area contributed by atoms with E-state index in [9.17, 15) is 22.4 Å². The minimum Gasteiger partial charge on any atom is -0.350 e. The van der Waals surface area contributed by atoms with Gasteiger partial charge in [0.05, 0.1) is 11.9 Å². The number of nitrogens with zero attached hydrogens (tertiary/aromatic N) is 2. The van der Waals surface area contributed by atoms with Crippen LogP contribution in [0.15, 0.2) is 42.5 Å². The SMILES string of the molecule is CCC(C(=O)NC(C)(C)C)N(Cc1ccc(F)cc1)C(=O)CN(c1ccc(C)c(C)c1)S(C)(=O)=O. The second kappa shape index (κ2) is 11.2. The van der Waals surface area contributed by atoms with E-state index in [1.165, 1.54) is 17.0 Å². The first kappa shape index (κ1) is 28.3. The van der Waals surface area contributed by atoms with Crippen molar-refractivity contribution in [2.24, 2.45) is 0 Å². The Morgan fingerprint density at radius 3 is 2.11 bits per heavy atom. The first-order valence-corrected chi connectivity index (χ1v) is 13.4. The summed E-state index contributed by atoms with van der Waals surface area (Å²) in [6, 6.07) is 9.99. The molecule has 0 radical (unpaired) electrons. The maximum atomic E-state index is 13.6. The summed E-state index contributed by atoms with van der Waals surface area (Å²) in [5, 5.41) is 2.90. The zero-order chi connectivity index (χ0) is 26.6. The lowest BCUT2D eigenvalue weighted by Crippen LogP contribution is -2.55. The second-order valence-electron chi connectivity index (χ2n) is 9.85. The number of sulfonamides is 1. The summed E-state index contributed by atoms with van der Waals surface area (Å²) in [6.07, 6.45) is 1.36. The van der Waals surface area contributed by atoms with E-state index in [1.807, 2.05) is 34.6 Å². The molecule has 0 aromatic heterocycles. The van der Waals surface area contributed by atoms with Gasteiger partial charge in [0.1, 0.15) is 18.4 Å². The molecule has 1 atom stereocenters. The monoisotopic (exact) mass is 505 g/mol. The molecule has 0 fully saturated rings. The Morgan fingerprint density at radius 2 is 1.63 bits per heavy atom. The van der Waals surface area contributed by atoms with Gasteiger partial charge in [-0.15, -0.1) is 0 Å². The molecule has 35 heavy (non-hydrogen) atoms. The Morgan fingerprint density at radius 1 is 1.03 bits per heavy atom. The molecule has 2 aromatic carbocycles. The molecule has 0 heterocycles. The molecule has 2 amide bonds. The summed E-state index contributed by atoms with van der Waals surface area (Å²) < 4.78 is 39.9. The standard InChI is InChI=1S/C26H36FN3O4S/c1-8-23(25(32)28-26(4,5)6)29(16-20-10-12-21(27)13-11-20)24(31)17-30(35(7,33)34)22-14-9-18(2)19(3)15-22/h9-15,23H,8,16-17H2,1-7H3,(H,28,32). The molecule has 0 aliphatic rings. The third-order valence-electron chi connectivity index (χ3n) is 5.61. The van der Waals surface area contributed by atoms with Crippen molar-refractivity contribution in [3.63, 3.8) is 0 Å². The van der Waals surface area contributed by atoms with E-state index >= 15 is 0 Å². The summed E-state index contributed by atoms with van der Waals surface area (Å²) >= 11 is 0. The fourth-order valence-corrected chi connectivity index (χ4v) is 4.49. The van der Waals surface area contributed by atoms with Crippen LogP contribution in [0.25, 0.3) is 0 Å². The second-order valence-corrected chi connectivity index (χ2v) is 11.8. The normalized spacial score (nSPS) is 12.7. The Labute approximate surface area is 208 Å². The fourth-order valence-electron chi connectivity index (χ4n) is 3.65. The highest BCUT2D eigenvalue weighted by Gasteiger charge is 2.33. The molecular weight excluding hydrogens is 469 g/mol. The summed E-state index contributed by atoms with van der Waals surface area (Å²) in [5.41, 5.74) is 2.36. The van der Waals surface area contributed by atoms with Crippen molar-refractivity contribution in [1.82, 2.24) is 10.2 Å². The van der Waals surface area contributed by atoms with Crippen molar-refractivity contribution in [3.8, 4) is 0 Å². The number of amides is 2. The van der Waals surface area contributed by atoms with E-state index in [4.69, 9.17) is 0 Å². The number of aryl methyl sites for hydroxylation is 2. The highest BCUT2D eigenvalue weighted by molar-refractivity contribution is 7.92. The van der Waals surface area contributed by atoms with Crippen molar-refractivity contribution in [2.75, 3.05) is 17.1 Å². The van der Waals surface area contributed by atoms with Crippen LogP contribution in [0.2, 0.25) is 0 Å². The van der Waals surface area contributed by atoms with Crippen LogP contribution in [0.4, 0.5) is 10.1 Å². The van der Waals surface area contributed by atoms with Gasteiger partial charge < -0.3 is 10.2 Å². The first-order chi connectivity index (χ1) is 16.1. The van der Waals surface area contributed by atoms with E-state index < -0.39 is 39.9 Å². The van der Waals surface area contributed by atoms with Gasteiger partial charge in [-0.25, -0.2) is 12.8 Å². The number of anilines is 1. The van der Waals surface area contributed by atoms with Gasteiger partial charge in [-0.3, -0.25) is 13.9 Å². The van der Waals surface area contributed by atoms with Gasteiger partial charge in [0.15, 0.2) is 0 Å². The highest BCUT2D eigenvalue weighted by atomic mass is 32.2. The van der Waals surface area contributed by atoms with Gasteiger partial charge in [0.2, 0.25) is 21.8 Å². The van der Waals surface area contributed by atoms with E-state index in [1.54, 1.807) is 37.3 Å². The summed E-state index contributed by atoms with van der Waals surface area (Å²) in [6.45, 7) is 10.7. The van der Waals surface area contributed by atoms with Gasteiger partial charge in [-0.2, -0.15) is 0 Å². The van der Waals surface area contributed by atoms with E-state index in [0.717, 1.165) is 21.7 Å². The van der Waals surface area contributed by atoms with Crippen LogP contribution in [-0.4, -0.2) is 49.5 Å². The van der Waals surface area contributed by atoms with Crippen molar-refractivity contribution in [3.05, 3.63) is 65.0 Å². The predicted octanol–water partition coefficient (Wildman–Crippen LogP) is 3.93. The van der Waals surface area contributed by atoms with Gasteiger partial charge in [-0.05, 0) is 82.0 Å². The average Bonchev–Trinajstić information content (AvgIpc) is 2.73. The van der Waals surface area contributed by atoms with Crippen molar-refractivity contribution < 1.29 is 22.4 Å². The molecule has 0 saturated heterocycles. The quantitative estimate of drug-likeness (QED) is 0.560. The van der Waals surface area contributed by atoms with Crippen LogP contribution < -0.4 is 9.62 Å². The lowest BCUT2D eigenvalue weighted by molar-refractivity contribution is -0.141. The van der Waals surface area contributed by atoms with Crippen LogP contribution >= 0.6 is 0 Å². The molecule has 0 aliphatic carbocycles. The van der Waals surface area contributed by atoms with Crippen LogP contribution in [-0.2, 0) is 26.2 Å². The van der Waals surface area contributed by atoms with Gasteiger partial charge >= 0.3 is 0 Å². The minimum absolute atomic E-state index is 0.0275. The Balaban J connectivity index is 2.47. The predicted molar refractivity (Wildman–Crippen MR) is 137 cm³/mol. The van der Waals surface area contributed by atoms with Crippen LogP contribution in [0.3, 0.4) is 0 Å². The average molecular weight is 506 g/mol. The lowest BCUT2D eigenvalue weighted by Gasteiger charge is -2.34. The number of rotatable bonds is 9. The van der Waals surface area contributed by atoms with Crippen LogP contribution in [0, 0.1) is 19.7 Å². The summed E-state index contributed by atoms with van der Waals surface area (Å²) in [7, 11) is -3.80. The highest BCUT2D eigenvalue weighted by Crippen LogP contribution is 2.23. The molecule has 2 rings (SSSR count). The number of hydrogen-bond acceptors (Lipinski definition) is 4. The molecule has 0 saturated carbocycles. The molecule has 2 aromatic rings. The topological polar surface area (TPSA) is 86.8 Å². The van der Waals surface area contributed by atoms with Gasteiger partial charge in [-0.1, -0.05) is 25.1 Å². The fraction of sp³-hybridized carbons (Fsp3) is 0.462. The number of carbonyl (C=O) groups is 2. The molecule has 1 unspecified atom stereocenters. The maximum absolute atomic E-state index is 13.6. The summed E-state index contributed by atoms with van der Waals surface area (Å²) in [5.74, 6) is -1.29. The zero-order valence-corrected chi connectivity index (χ0v) is 22.4.